The first-order valence-electron chi connectivity index (χ1n) is 14.7. The van der Waals surface area contributed by atoms with Crippen LogP contribution in [0.25, 0.3) is 76.5 Å². The predicted octanol–water partition coefficient (Wildman–Crippen LogP) is 11.9. The highest BCUT2D eigenvalue weighted by atomic mass is 14.2. The van der Waals surface area contributed by atoms with Crippen LogP contribution in [0.3, 0.4) is 0 Å². The van der Waals surface area contributed by atoms with E-state index in [0.29, 0.717) is 0 Å². The van der Waals surface area contributed by atoms with Crippen molar-refractivity contribution in [1.82, 2.24) is 0 Å². The number of hydrogen-bond acceptors (Lipinski definition) is 0. The summed E-state index contributed by atoms with van der Waals surface area (Å²) in [4.78, 5) is 0. The molecule has 0 fully saturated rings. The van der Waals surface area contributed by atoms with Gasteiger partial charge in [0.2, 0.25) is 0 Å². The first kappa shape index (κ1) is 24.6. The molecule has 198 valence electrons. The maximum atomic E-state index is 2.35. The van der Waals surface area contributed by atoms with Gasteiger partial charge in [-0.2, -0.15) is 0 Å². The van der Waals surface area contributed by atoms with Crippen LogP contribution in [0.1, 0.15) is 11.1 Å². The van der Waals surface area contributed by atoms with Crippen LogP contribution >= 0.6 is 0 Å². The lowest BCUT2D eigenvalue weighted by molar-refractivity contribution is 1.51. The molecule has 0 aliphatic heterocycles. The fraction of sp³-hybridized carbons (Fsp3) is 0.0476. The second-order valence-corrected chi connectivity index (χ2v) is 11.5. The molecule has 8 rings (SSSR count). The van der Waals surface area contributed by atoms with Crippen LogP contribution in [0, 0.1) is 13.8 Å². The summed E-state index contributed by atoms with van der Waals surface area (Å²) in [7, 11) is 0. The fourth-order valence-electron chi connectivity index (χ4n) is 6.73. The molecule has 8 aromatic carbocycles. The summed E-state index contributed by atoms with van der Waals surface area (Å²) in [5.74, 6) is 0. The van der Waals surface area contributed by atoms with Gasteiger partial charge in [-0.3, -0.25) is 0 Å². The molecule has 42 heavy (non-hydrogen) atoms. The highest BCUT2D eigenvalue weighted by Crippen LogP contribution is 2.38. The van der Waals surface area contributed by atoms with Gasteiger partial charge in [-0.05, 0) is 108 Å². The second kappa shape index (κ2) is 9.72. The number of rotatable bonds is 3. The van der Waals surface area contributed by atoms with E-state index < -0.39 is 0 Å². The van der Waals surface area contributed by atoms with Crippen LogP contribution in [0.2, 0.25) is 0 Å². The summed E-state index contributed by atoms with van der Waals surface area (Å²) < 4.78 is 0. The molecule has 0 amide bonds. The van der Waals surface area contributed by atoms with Gasteiger partial charge in [0.1, 0.15) is 0 Å². The van der Waals surface area contributed by atoms with Gasteiger partial charge in [-0.25, -0.2) is 0 Å². The van der Waals surface area contributed by atoms with Crippen LogP contribution in [-0.2, 0) is 0 Å². The molecule has 0 bridgehead atoms. The van der Waals surface area contributed by atoms with Crippen molar-refractivity contribution in [2.45, 2.75) is 13.8 Å². The highest BCUT2D eigenvalue weighted by molar-refractivity contribution is 6.15. The van der Waals surface area contributed by atoms with Crippen LogP contribution in [0.4, 0.5) is 0 Å². The number of fused-ring (bicyclic) bond motifs is 6. The Kier molecular flexibility index (Phi) is 5.69. The Morgan fingerprint density at radius 3 is 1.55 bits per heavy atom. The third-order valence-corrected chi connectivity index (χ3v) is 8.83. The summed E-state index contributed by atoms with van der Waals surface area (Å²) in [5, 5.41) is 10.5. The van der Waals surface area contributed by atoms with E-state index >= 15 is 0 Å². The zero-order valence-electron chi connectivity index (χ0n) is 23.9. The molecule has 0 saturated carbocycles. The third kappa shape index (κ3) is 3.99. The summed E-state index contributed by atoms with van der Waals surface area (Å²) in [5.41, 5.74) is 10.1. The maximum Gasteiger partial charge on any atom is -0.00757 e. The van der Waals surface area contributed by atoms with E-state index in [2.05, 4.69) is 159 Å². The molecule has 0 heteroatoms. The first-order valence-corrected chi connectivity index (χ1v) is 14.7. The number of aryl methyl sites for hydroxylation is 2. The first-order chi connectivity index (χ1) is 20.6. The van der Waals surface area contributed by atoms with Gasteiger partial charge in [-0.1, -0.05) is 139 Å². The lowest BCUT2D eigenvalue weighted by atomic mass is 9.90. The van der Waals surface area contributed by atoms with E-state index in [1.807, 2.05) is 0 Å². The minimum Gasteiger partial charge on any atom is -0.0616 e. The molecular weight excluding hydrogens is 504 g/mol. The van der Waals surface area contributed by atoms with Crippen molar-refractivity contribution < 1.29 is 0 Å². The monoisotopic (exact) mass is 534 g/mol. The average molecular weight is 535 g/mol. The van der Waals surface area contributed by atoms with E-state index in [9.17, 15) is 0 Å². The summed E-state index contributed by atoms with van der Waals surface area (Å²) in [6.07, 6.45) is 0. The molecule has 0 aromatic heterocycles. The number of hydrogen-bond donors (Lipinski definition) is 0. The van der Waals surface area contributed by atoms with Crippen LogP contribution in [0.15, 0.2) is 146 Å². The SMILES string of the molecule is Cc1ccc2c(-c3ccc(-c4ccc(-c5cc6cccc(C)c6c6ccccc56)cc4)cc3)cc3ccccc3c2c1. The van der Waals surface area contributed by atoms with Gasteiger partial charge >= 0.3 is 0 Å². The molecule has 0 nitrogen and oxygen atoms in total. The molecule has 0 aliphatic carbocycles. The molecule has 0 heterocycles. The van der Waals surface area contributed by atoms with Crippen molar-refractivity contribution in [3.05, 3.63) is 157 Å². The molecule has 0 saturated heterocycles. The summed E-state index contributed by atoms with van der Waals surface area (Å²) in [6, 6.07) is 53.7. The van der Waals surface area contributed by atoms with Crippen molar-refractivity contribution in [3.8, 4) is 33.4 Å². The maximum absolute atomic E-state index is 2.35. The van der Waals surface area contributed by atoms with Gasteiger partial charge in [-0.15, -0.1) is 0 Å². The van der Waals surface area contributed by atoms with Crippen LogP contribution in [-0.4, -0.2) is 0 Å². The van der Waals surface area contributed by atoms with Crippen molar-refractivity contribution in [3.63, 3.8) is 0 Å². The molecule has 0 unspecified atom stereocenters. The van der Waals surface area contributed by atoms with E-state index in [1.54, 1.807) is 0 Å². The van der Waals surface area contributed by atoms with Crippen molar-refractivity contribution in [2.75, 3.05) is 0 Å². The van der Waals surface area contributed by atoms with Gasteiger partial charge < -0.3 is 0 Å². The van der Waals surface area contributed by atoms with Crippen LogP contribution in [0.5, 0.6) is 0 Å². The van der Waals surface area contributed by atoms with Gasteiger partial charge in [0.05, 0.1) is 0 Å². The predicted molar refractivity (Wildman–Crippen MR) is 182 cm³/mol. The largest absolute Gasteiger partial charge is 0.0616 e. The zero-order valence-corrected chi connectivity index (χ0v) is 23.9. The second-order valence-electron chi connectivity index (χ2n) is 11.5. The van der Waals surface area contributed by atoms with Crippen LogP contribution < -0.4 is 0 Å². The topological polar surface area (TPSA) is 0 Å². The van der Waals surface area contributed by atoms with E-state index in [4.69, 9.17) is 0 Å². The fourth-order valence-corrected chi connectivity index (χ4v) is 6.73. The lowest BCUT2D eigenvalue weighted by Crippen LogP contribution is -1.88. The van der Waals surface area contributed by atoms with Crippen molar-refractivity contribution in [1.29, 1.82) is 0 Å². The van der Waals surface area contributed by atoms with Gasteiger partial charge in [0.25, 0.3) is 0 Å². The molecule has 8 aromatic rings. The quantitative estimate of drug-likeness (QED) is 0.198. The Hall–Kier alpha value is -5.20. The number of benzene rings is 8. The average Bonchev–Trinajstić information content (AvgIpc) is 3.04. The normalized spacial score (nSPS) is 11.6. The molecule has 0 spiro atoms. The molecule has 0 atom stereocenters. The van der Waals surface area contributed by atoms with E-state index in [-0.39, 0.29) is 0 Å². The Balaban J connectivity index is 1.18. The minimum absolute atomic E-state index is 1.23. The zero-order chi connectivity index (χ0) is 28.2. The molecular formula is C42H30. The molecule has 0 N–H and O–H groups in total. The Morgan fingerprint density at radius 2 is 0.857 bits per heavy atom. The standard InChI is InChI=1S/C42H30/c1-27-14-23-37-39(25-33-9-3-4-11-35(33)41(37)24-27)31-19-15-29(16-20-31)30-17-21-32(22-18-30)40-26-34-10-7-8-28(2)42(34)38-13-6-5-12-36(38)40/h3-26H,1-2H3. The minimum atomic E-state index is 1.23. The highest BCUT2D eigenvalue weighted by Gasteiger charge is 2.12. The van der Waals surface area contributed by atoms with Crippen molar-refractivity contribution in [2.24, 2.45) is 0 Å². The van der Waals surface area contributed by atoms with E-state index in [1.165, 1.54) is 87.6 Å². The lowest BCUT2D eigenvalue weighted by Gasteiger charge is -2.14. The van der Waals surface area contributed by atoms with E-state index in [0.717, 1.165) is 0 Å². The molecule has 0 aliphatic rings. The smallest absolute Gasteiger partial charge is 0.00757 e. The Bertz CT molecular complexity index is 2230. The Morgan fingerprint density at radius 1 is 0.333 bits per heavy atom. The Labute approximate surface area is 246 Å². The van der Waals surface area contributed by atoms with Gasteiger partial charge in [0, 0.05) is 0 Å². The third-order valence-electron chi connectivity index (χ3n) is 8.83. The van der Waals surface area contributed by atoms with Gasteiger partial charge in [0.15, 0.2) is 0 Å². The summed E-state index contributed by atoms with van der Waals surface area (Å²) in [6.45, 7) is 4.38. The summed E-state index contributed by atoms with van der Waals surface area (Å²) >= 11 is 0. The van der Waals surface area contributed by atoms with Crippen molar-refractivity contribution >= 4 is 43.1 Å². The molecule has 0 radical (unpaired) electrons.